The van der Waals surface area contributed by atoms with E-state index in [-0.39, 0.29) is 22.5 Å². The number of hydrogen-bond donors (Lipinski definition) is 12. The molecule has 29 heteroatoms. The molecule has 6 heterocycles. The molecule has 4 aromatic rings. The lowest BCUT2D eigenvalue weighted by atomic mass is 9.96. The van der Waals surface area contributed by atoms with E-state index in [0.717, 1.165) is 6.92 Å². The SMILES string of the molecule is CC.CC1(O)[C@@H](O)[C@@H](COP(=O)(O)OP(=O)(O)OP(=O)(O)O)O[C@H]1n1ccc2c(=O)[nH]c(N)nc21.Cc1nc2c(ccn2[C@@H]2O[C@H](CO)[C@H](O)C2O)c(=O)[nH]1. The first-order valence-corrected chi connectivity index (χ1v) is 20.4. The highest BCUT2D eigenvalue weighted by Gasteiger charge is 2.54. The maximum atomic E-state index is 12.0. The minimum atomic E-state index is -5.74. The molecule has 0 radical (unpaired) electrons. The molecule has 13 N–H and O–H groups in total. The van der Waals surface area contributed by atoms with Crippen molar-refractivity contribution < 1.29 is 81.4 Å². The smallest absolute Gasteiger partial charge is 0.394 e. The third kappa shape index (κ3) is 9.84. The summed E-state index contributed by atoms with van der Waals surface area (Å²) < 4.78 is 59.1. The molecule has 4 unspecified atom stereocenters. The predicted octanol–water partition coefficient (Wildman–Crippen LogP) is -1.67. The molecule has 10 atom stereocenters. The van der Waals surface area contributed by atoms with Crippen molar-refractivity contribution in [3.05, 3.63) is 51.1 Å². The van der Waals surface area contributed by atoms with Crippen molar-refractivity contribution in [3.63, 3.8) is 0 Å². The Morgan fingerprint density at radius 1 is 0.873 bits per heavy atom. The van der Waals surface area contributed by atoms with Crippen molar-refractivity contribution in [1.82, 2.24) is 29.1 Å². The highest BCUT2D eigenvalue weighted by atomic mass is 31.3. The van der Waals surface area contributed by atoms with Gasteiger partial charge in [0, 0.05) is 12.4 Å². The van der Waals surface area contributed by atoms with Crippen LogP contribution in [0.25, 0.3) is 22.1 Å². The first-order chi connectivity index (χ1) is 25.4. The number of aromatic nitrogens is 6. The molecule has 6 rings (SSSR count). The van der Waals surface area contributed by atoms with E-state index in [0.29, 0.717) is 16.9 Å². The maximum absolute atomic E-state index is 12.0. The van der Waals surface area contributed by atoms with Gasteiger partial charge in [-0.15, -0.1) is 0 Å². The van der Waals surface area contributed by atoms with Gasteiger partial charge in [-0.05, 0) is 26.0 Å². The van der Waals surface area contributed by atoms with E-state index in [1.165, 1.54) is 21.4 Å². The summed E-state index contributed by atoms with van der Waals surface area (Å²) in [5.41, 5.74) is 2.94. The number of nitrogen functional groups attached to an aromatic ring is 1. The van der Waals surface area contributed by atoms with Crippen LogP contribution in [-0.2, 0) is 36.3 Å². The van der Waals surface area contributed by atoms with E-state index in [1.54, 1.807) is 19.2 Å². The number of fused-ring (bicyclic) bond motifs is 2. The summed E-state index contributed by atoms with van der Waals surface area (Å²) in [4.78, 5) is 72.6. The molecule has 308 valence electrons. The number of hydrogen-bond acceptors (Lipinski definition) is 18. The van der Waals surface area contributed by atoms with Crippen molar-refractivity contribution in [2.75, 3.05) is 18.9 Å². The fraction of sp³-hybridized carbons (Fsp3) is 0.538. The monoisotopic (exact) mass is 847 g/mol. The van der Waals surface area contributed by atoms with Crippen LogP contribution in [0, 0.1) is 6.92 Å². The van der Waals surface area contributed by atoms with Gasteiger partial charge < -0.3 is 74.4 Å². The van der Waals surface area contributed by atoms with Gasteiger partial charge in [-0.3, -0.25) is 19.1 Å². The van der Waals surface area contributed by atoms with Gasteiger partial charge in [-0.1, -0.05) is 13.8 Å². The molecule has 2 aliphatic heterocycles. The molecule has 2 saturated heterocycles. The van der Waals surface area contributed by atoms with Gasteiger partial charge in [0.05, 0.1) is 24.0 Å². The summed E-state index contributed by atoms with van der Waals surface area (Å²) in [5, 5.41) is 50.5. The Kier molecular flexibility index (Phi) is 13.5. The van der Waals surface area contributed by atoms with E-state index in [2.05, 4.69) is 33.1 Å². The third-order valence-corrected chi connectivity index (χ3v) is 11.7. The summed E-state index contributed by atoms with van der Waals surface area (Å²) in [5.74, 6) is 0.198. The number of ether oxygens (including phenoxy) is 2. The average Bonchev–Trinajstić information content (AvgIpc) is 3.80. The van der Waals surface area contributed by atoms with Crippen molar-refractivity contribution in [2.45, 2.75) is 76.3 Å². The molecule has 4 aromatic heterocycles. The number of nitrogens with zero attached hydrogens (tertiary/aromatic N) is 4. The van der Waals surface area contributed by atoms with Crippen LogP contribution in [-0.4, -0.2) is 124 Å². The fourth-order valence-electron chi connectivity index (χ4n) is 5.57. The number of aryl methyl sites for hydroxylation is 1. The second kappa shape index (κ2) is 16.7. The zero-order valence-corrected chi connectivity index (χ0v) is 31.8. The van der Waals surface area contributed by atoms with Crippen LogP contribution >= 0.6 is 23.5 Å². The van der Waals surface area contributed by atoms with Gasteiger partial charge in [0.25, 0.3) is 11.1 Å². The summed E-state index contributed by atoms with van der Waals surface area (Å²) >= 11 is 0. The Bertz CT molecular complexity index is 2250. The molecule has 26 nitrogen and oxygen atoms in total. The van der Waals surface area contributed by atoms with E-state index < -0.39 is 90.8 Å². The van der Waals surface area contributed by atoms with Crippen LogP contribution < -0.4 is 16.9 Å². The molecule has 2 aliphatic rings. The van der Waals surface area contributed by atoms with Crippen LogP contribution in [0.5, 0.6) is 0 Å². The number of aromatic amines is 2. The number of aliphatic hydroxyl groups is 5. The van der Waals surface area contributed by atoms with Gasteiger partial charge in [0.2, 0.25) is 5.95 Å². The first-order valence-electron chi connectivity index (χ1n) is 15.8. The molecule has 2 fully saturated rings. The normalized spacial score (nSPS) is 28.9. The lowest BCUT2D eigenvalue weighted by Gasteiger charge is -2.27. The van der Waals surface area contributed by atoms with Crippen LogP contribution in [0.2, 0.25) is 0 Å². The molecular formula is C26H40N7O19P3. The molecular weight excluding hydrogens is 807 g/mol. The van der Waals surface area contributed by atoms with Gasteiger partial charge in [-0.2, -0.15) is 13.6 Å². The fourth-order valence-corrected chi connectivity index (χ4v) is 8.60. The number of rotatable bonds is 10. The summed E-state index contributed by atoms with van der Waals surface area (Å²) in [6, 6.07) is 2.90. The topological polar surface area (TPSA) is 407 Å². The van der Waals surface area contributed by atoms with Gasteiger partial charge in [0.1, 0.15) is 47.6 Å². The lowest BCUT2D eigenvalue weighted by Crippen LogP contribution is -2.44. The minimum Gasteiger partial charge on any atom is -0.394 e. The average molecular weight is 848 g/mol. The van der Waals surface area contributed by atoms with Gasteiger partial charge in [0.15, 0.2) is 18.1 Å². The van der Waals surface area contributed by atoms with Crippen LogP contribution in [0.15, 0.2) is 34.1 Å². The minimum absolute atomic E-state index is 0.0118. The number of nitrogens with one attached hydrogen (secondary N) is 2. The molecule has 55 heavy (non-hydrogen) atoms. The number of H-pyrrole nitrogens is 2. The number of phosphoric ester groups is 1. The standard InChI is InChI=1S/C12H19N4O14P3.C12H15N3O5.C2H6/c1-12(19)7(17)6(4-27-32(23,24)30-33(25,26)29-31(20,21)22)28-10(12)16-3-2-5-8(16)14-11(13)15-9(5)18;1-5-13-10-6(11(19)14-5)2-3-15(10)12-9(18)8(17)7(4-16)20-12;1-2/h2-3,6-7,10,17,19H,4H2,1H3,(H,23,24)(H,25,26)(H2,20,21,22)(H3,13,14,15,18);2-3,7-9,12,16-18H,4H2,1H3,(H,13,14,19);1-2H3/t6-,7+,10-,12?;7-,8+,9?,12-;/m11./s1. The highest BCUT2D eigenvalue weighted by molar-refractivity contribution is 7.66. The molecule has 0 saturated carbocycles. The largest absolute Gasteiger partial charge is 0.490 e. The van der Waals surface area contributed by atoms with Crippen LogP contribution in [0.3, 0.4) is 0 Å². The Morgan fingerprint density at radius 3 is 2.00 bits per heavy atom. The Labute approximate surface area is 308 Å². The number of anilines is 1. The van der Waals surface area contributed by atoms with E-state index >= 15 is 0 Å². The predicted molar refractivity (Wildman–Crippen MR) is 185 cm³/mol. The molecule has 0 bridgehead atoms. The Balaban J connectivity index is 0.000000260. The molecule has 0 spiro atoms. The quantitative estimate of drug-likeness (QED) is 0.0794. The van der Waals surface area contributed by atoms with E-state index in [9.17, 15) is 48.6 Å². The Hall–Kier alpha value is -3.23. The van der Waals surface area contributed by atoms with Crippen LogP contribution in [0.4, 0.5) is 5.95 Å². The second-order valence-electron chi connectivity index (χ2n) is 11.8. The number of phosphoric acid groups is 3. The molecule has 0 aliphatic carbocycles. The maximum Gasteiger partial charge on any atom is 0.490 e. The van der Waals surface area contributed by atoms with E-state index in [4.69, 9.17) is 35.0 Å². The first kappa shape index (κ1) is 44.5. The van der Waals surface area contributed by atoms with Crippen molar-refractivity contribution in [3.8, 4) is 0 Å². The van der Waals surface area contributed by atoms with Crippen molar-refractivity contribution >= 4 is 51.5 Å². The second-order valence-corrected chi connectivity index (χ2v) is 16.3. The number of nitrogens with two attached hydrogens (primary N) is 1. The Morgan fingerprint density at radius 2 is 1.44 bits per heavy atom. The third-order valence-electron chi connectivity index (χ3n) is 7.92. The van der Waals surface area contributed by atoms with Gasteiger partial charge in [-0.25, -0.2) is 18.7 Å². The summed E-state index contributed by atoms with van der Waals surface area (Å²) in [7, 11) is -16.8. The molecule has 0 aromatic carbocycles. The summed E-state index contributed by atoms with van der Waals surface area (Å²) in [6.45, 7) is 5.39. The number of aliphatic hydroxyl groups excluding tert-OH is 4. The molecule has 0 amide bonds. The van der Waals surface area contributed by atoms with Gasteiger partial charge >= 0.3 is 23.5 Å². The summed E-state index contributed by atoms with van der Waals surface area (Å²) in [6.07, 6.45) is -6.00. The lowest BCUT2D eigenvalue weighted by molar-refractivity contribution is -0.0947. The van der Waals surface area contributed by atoms with E-state index in [1.807, 2.05) is 13.8 Å². The van der Waals surface area contributed by atoms with Crippen LogP contribution in [0.1, 0.15) is 39.1 Å². The van der Waals surface area contributed by atoms with Crippen molar-refractivity contribution in [1.29, 1.82) is 0 Å². The van der Waals surface area contributed by atoms with Crippen molar-refractivity contribution in [2.24, 2.45) is 0 Å². The zero-order chi connectivity index (χ0) is 41.4. The zero-order valence-electron chi connectivity index (χ0n) is 29.1. The highest BCUT2D eigenvalue weighted by Crippen LogP contribution is 2.66.